The Morgan fingerprint density at radius 3 is 2.15 bits per heavy atom. The summed E-state index contributed by atoms with van der Waals surface area (Å²) in [5, 5.41) is 0. The molecule has 0 unspecified atom stereocenters. The van der Waals surface area contributed by atoms with E-state index in [1.54, 1.807) is 26.0 Å². The lowest BCUT2D eigenvalue weighted by Gasteiger charge is -2.16. The quantitative estimate of drug-likeness (QED) is 0.581. The first kappa shape index (κ1) is 16.5. The third kappa shape index (κ3) is 4.85. The first-order valence-corrected chi connectivity index (χ1v) is 6.99. The molecule has 0 saturated heterocycles. The monoisotopic (exact) mass is 280 g/mol. The molecule has 0 saturated carbocycles. The molecule has 0 aliphatic heterocycles. The summed E-state index contributed by atoms with van der Waals surface area (Å²) in [6.45, 7) is 11.6. The lowest BCUT2D eigenvalue weighted by Crippen LogP contribution is -2.14. The fourth-order valence-electron chi connectivity index (χ4n) is 1.61. The zero-order chi connectivity index (χ0) is 15.3. The molecule has 0 atom stereocenters. The number of ether oxygens (including phenoxy) is 1. The van der Waals surface area contributed by atoms with Gasteiger partial charge in [-0.3, -0.25) is 4.89 Å². The van der Waals surface area contributed by atoms with Crippen molar-refractivity contribution in [2.24, 2.45) is 0 Å². The molecule has 0 fully saturated rings. The van der Waals surface area contributed by atoms with E-state index in [1.165, 1.54) is 0 Å². The van der Waals surface area contributed by atoms with E-state index in [9.17, 15) is 4.79 Å². The van der Waals surface area contributed by atoms with Gasteiger partial charge in [-0.1, -0.05) is 19.9 Å². The largest absolute Gasteiger partial charge is 0.490 e. The number of carbonyl (C=O) groups excluding carboxylic acids is 1. The van der Waals surface area contributed by atoms with Crippen molar-refractivity contribution < 1.29 is 19.3 Å². The highest BCUT2D eigenvalue weighted by Gasteiger charge is 2.18. The molecule has 0 heterocycles. The van der Waals surface area contributed by atoms with E-state index < -0.39 is 5.97 Å². The van der Waals surface area contributed by atoms with Gasteiger partial charge in [-0.15, -0.1) is 0 Å². The Hall–Kier alpha value is -1.55. The van der Waals surface area contributed by atoms with Gasteiger partial charge in [0.25, 0.3) is 0 Å². The van der Waals surface area contributed by atoms with Crippen LogP contribution in [0.4, 0.5) is 0 Å². The van der Waals surface area contributed by atoms with Crippen molar-refractivity contribution in [1.82, 2.24) is 0 Å². The van der Waals surface area contributed by atoms with E-state index in [0.717, 1.165) is 5.56 Å². The van der Waals surface area contributed by atoms with Crippen molar-refractivity contribution >= 4 is 5.97 Å². The highest BCUT2D eigenvalue weighted by atomic mass is 17.2. The van der Waals surface area contributed by atoms with E-state index in [4.69, 9.17) is 14.5 Å². The molecular weight excluding hydrogens is 256 g/mol. The van der Waals surface area contributed by atoms with Crippen LogP contribution in [0.3, 0.4) is 0 Å². The molecule has 4 nitrogen and oxygen atoms in total. The van der Waals surface area contributed by atoms with E-state index in [2.05, 4.69) is 13.8 Å². The van der Waals surface area contributed by atoms with E-state index in [-0.39, 0.29) is 12.2 Å². The molecule has 0 N–H and O–H groups in total. The lowest BCUT2D eigenvalue weighted by atomic mass is 10.0. The van der Waals surface area contributed by atoms with Crippen molar-refractivity contribution in [3.05, 3.63) is 29.3 Å². The first-order chi connectivity index (χ1) is 9.31. The molecule has 1 rings (SSSR count). The molecule has 0 amide bonds. The zero-order valence-corrected chi connectivity index (χ0v) is 13.1. The number of hydrogen-bond donors (Lipinski definition) is 0. The van der Waals surface area contributed by atoms with Crippen molar-refractivity contribution in [2.75, 3.05) is 0 Å². The van der Waals surface area contributed by atoms with Gasteiger partial charge in [-0.25, -0.2) is 4.79 Å². The summed E-state index contributed by atoms with van der Waals surface area (Å²) in [4.78, 5) is 21.8. The molecule has 1 aromatic rings. The van der Waals surface area contributed by atoms with Crippen LogP contribution >= 0.6 is 0 Å². The highest BCUT2D eigenvalue weighted by Crippen LogP contribution is 2.26. The van der Waals surface area contributed by atoms with Gasteiger partial charge in [-0.2, -0.15) is 4.89 Å². The highest BCUT2D eigenvalue weighted by molar-refractivity contribution is 5.92. The second-order valence-corrected chi connectivity index (χ2v) is 5.59. The summed E-state index contributed by atoms with van der Waals surface area (Å²) < 4.78 is 5.65. The fourth-order valence-corrected chi connectivity index (χ4v) is 1.61. The molecule has 0 aromatic heterocycles. The van der Waals surface area contributed by atoms with Crippen molar-refractivity contribution in [2.45, 2.75) is 59.7 Å². The Bertz CT molecular complexity index is 450. The second-order valence-electron chi connectivity index (χ2n) is 5.59. The van der Waals surface area contributed by atoms with Crippen LogP contribution in [0.2, 0.25) is 0 Å². The predicted octanol–water partition coefficient (Wildman–Crippen LogP) is 4.09. The Morgan fingerprint density at radius 2 is 1.65 bits per heavy atom. The van der Waals surface area contributed by atoms with Gasteiger partial charge in [-0.05, 0) is 51.3 Å². The van der Waals surface area contributed by atoms with E-state index in [0.29, 0.717) is 17.2 Å². The van der Waals surface area contributed by atoms with Crippen molar-refractivity contribution in [3.8, 4) is 5.75 Å². The SMILES string of the molecule is CC(C)OOC(=O)c1cc(C(C)C)ccc1OC(C)C. The maximum absolute atomic E-state index is 12.1. The van der Waals surface area contributed by atoms with Gasteiger partial charge in [0.15, 0.2) is 0 Å². The normalized spacial score (nSPS) is 11.2. The molecule has 0 spiro atoms. The summed E-state index contributed by atoms with van der Waals surface area (Å²) in [5.74, 6) is 0.305. The minimum absolute atomic E-state index is 0.0162. The fraction of sp³-hybridized carbons (Fsp3) is 0.562. The topological polar surface area (TPSA) is 44.8 Å². The molecule has 20 heavy (non-hydrogen) atoms. The van der Waals surface area contributed by atoms with E-state index >= 15 is 0 Å². The summed E-state index contributed by atoms with van der Waals surface area (Å²) in [5.41, 5.74) is 1.45. The van der Waals surface area contributed by atoms with Gasteiger partial charge in [0.05, 0.1) is 12.2 Å². The van der Waals surface area contributed by atoms with Crippen LogP contribution < -0.4 is 4.74 Å². The molecule has 0 bridgehead atoms. The predicted molar refractivity (Wildman–Crippen MR) is 77.9 cm³/mol. The first-order valence-electron chi connectivity index (χ1n) is 6.99. The molecular formula is C16H24O4. The van der Waals surface area contributed by atoms with Crippen LogP contribution in [-0.4, -0.2) is 18.2 Å². The van der Waals surface area contributed by atoms with Crippen LogP contribution in [-0.2, 0) is 9.78 Å². The third-order valence-electron chi connectivity index (χ3n) is 2.57. The van der Waals surface area contributed by atoms with Crippen LogP contribution in [0.1, 0.15) is 63.4 Å². The Kier molecular flexibility index (Phi) is 6.02. The molecule has 112 valence electrons. The van der Waals surface area contributed by atoms with Gasteiger partial charge < -0.3 is 4.74 Å². The summed E-state index contributed by atoms with van der Waals surface area (Å²) in [7, 11) is 0. The minimum Gasteiger partial charge on any atom is -0.490 e. The van der Waals surface area contributed by atoms with Crippen molar-refractivity contribution in [3.63, 3.8) is 0 Å². The number of carbonyl (C=O) groups is 1. The number of benzene rings is 1. The minimum atomic E-state index is -0.531. The summed E-state index contributed by atoms with van der Waals surface area (Å²) in [6, 6.07) is 5.57. The van der Waals surface area contributed by atoms with E-state index in [1.807, 2.05) is 19.9 Å². The van der Waals surface area contributed by atoms with Crippen molar-refractivity contribution in [1.29, 1.82) is 0 Å². The van der Waals surface area contributed by atoms with Crippen LogP contribution in [0.15, 0.2) is 18.2 Å². The Balaban J connectivity index is 3.03. The number of rotatable bonds is 6. The lowest BCUT2D eigenvalue weighted by molar-refractivity contribution is -0.265. The molecule has 0 aliphatic rings. The Labute approximate surface area is 121 Å². The smallest absolute Gasteiger partial charge is 0.376 e. The maximum atomic E-state index is 12.1. The molecule has 0 radical (unpaired) electrons. The summed E-state index contributed by atoms with van der Waals surface area (Å²) >= 11 is 0. The average Bonchev–Trinajstić information content (AvgIpc) is 2.35. The zero-order valence-electron chi connectivity index (χ0n) is 13.1. The van der Waals surface area contributed by atoms with Gasteiger partial charge in [0.1, 0.15) is 11.3 Å². The summed E-state index contributed by atoms with van der Waals surface area (Å²) in [6.07, 6.45) is -0.195. The van der Waals surface area contributed by atoms with Crippen LogP contribution in [0.5, 0.6) is 5.75 Å². The number of hydrogen-bond acceptors (Lipinski definition) is 4. The molecule has 4 heteroatoms. The molecule has 1 aromatic carbocycles. The van der Waals surface area contributed by atoms with Crippen LogP contribution in [0, 0.1) is 0 Å². The standard InChI is InChI=1S/C16H24O4/c1-10(2)13-7-8-15(18-11(3)4)14(9-13)16(17)20-19-12(5)6/h7-12H,1-6H3. The molecule has 0 aliphatic carbocycles. The maximum Gasteiger partial charge on any atom is 0.376 e. The van der Waals surface area contributed by atoms with Gasteiger partial charge in [0, 0.05) is 0 Å². The average molecular weight is 280 g/mol. The van der Waals surface area contributed by atoms with Crippen LogP contribution in [0.25, 0.3) is 0 Å². The second kappa shape index (κ2) is 7.29. The Morgan fingerprint density at radius 1 is 1.00 bits per heavy atom. The van der Waals surface area contributed by atoms with Gasteiger partial charge >= 0.3 is 5.97 Å². The third-order valence-corrected chi connectivity index (χ3v) is 2.57. The van der Waals surface area contributed by atoms with Gasteiger partial charge in [0.2, 0.25) is 0 Å².